The minimum absolute atomic E-state index is 0.0551. The van der Waals surface area contributed by atoms with E-state index in [1.807, 2.05) is 19.9 Å². The van der Waals surface area contributed by atoms with Crippen molar-refractivity contribution in [3.8, 4) is 6.07 Å². The van der Waals surface area contributed by atoms with E-state index in [0.717, 1.165) is 43.7 Å². The Morgan fingerprint density at radius 3 is 2.82 bits per heavy atom. The average Bonchev–Trinajstić information content (AvgIpc) is 3.58. The van der Waals surface area contributed by atoms with Gasteiger partial charge in [0.15, 0.2) is 0 Å². The minimum atomic E-state index is -0.0952. The number of hydrogen-bond donors (Lipinski definition) is 1. The van der Waals surface area contributed by atoms with Crippen LogP contribution in [0, 0.1) is 25.2 Å². The number of benzene rings is 1. The van der Waals surface area contributed by atoms with Crippen LogP contribution in [0.5, 0.6) is 0 Å². The molecule has 176 valence electrons. The summed E-state index contributed by atoms with van der Waals surface area (Å²) in [5, 5.41) is 15.1. The summed E-state index contributed by atoms with van der Waals surface area (Å²) in [5.41, 5.74) is 4.95. The van der Waals surface area contributed by atoms with Crippen molar-refractivity contribution in [1.29, 1.82) is 5.26 Å². The van der Waals surface area contributed by atoms with Gasteiger partial charge in [-0.05, 0) is 61.2 Å². The van der Waals surface area contributed by atoms with Gasteiger partial charge >= 0.3 is 0 Å². The molecule has 5 rings (SSSR count). The molecule has 0 saturated carbocycles. The molecule has 0 bridgehead atoms. The molecule has 1 N–H and O–H groups in total. The Hall–Kier alpha value is -2.92. The Labute approximate surface area is 204 Å². The van der Waals surface area contributed by atoms with Crippen LogP contribution in [-0.2, 0) is 22.5 Å². The first-order valence-electron chi connectivity index (χ1n) is 11.9. The quantitative estimate of drug-likeness (QED) is 0.557. The Kier molecular flexibility index (Phi) is 6.55. The van der Waals surface area contributed by atoms with Gasteiger partial charge in [-0.15, -0.1) is 11.3 Å². The largest absolute Gasteiger partial charge is 0.376 e. The molecule has 0 unspecified atom stereocenters. The lowest BCUT2D eigenvalue weighted by Crippen LogP contribution is -2.41. The molecular formula is C27H30N4O2S. The number of nitrogens with one attached hydrogen (secondary N) is 1. The topological polar surface area (TPSA) is 70.3 Å². The molecule has 1 fully saturated rings. The SMILES string of the molecule is Cc1c(C#N)c(NC(=O)CN2CCc3sccc3[C@H]2c2ccccc2)n(C[C@@H]2CCCO2)c1C. The van der Waals surface area contributed by atoms with Crippen LogP contribution in [0.15, 0.2) is 41.8 Å². The number of carbonyl (C=O) groups is 1. The summed E-state index contributed by atoms with van der Waals surface area (Å²) in [6, 6.07) is 15.0. The van der Waals surface area contributed by atoms with E-state index in [1.165, 1.54) is 16.0 Å². The van der Waals surface area contributed by atoms with Gasteiger partial charge in [0.1, 0.15) is 11.9 Å². The van der Waals surface area contributed by atoms with E-state index in [4.69, 9.17) is 4.74 Å². The maximum Gasteiger partial charge on any atom is 0.239 e. The van der Waals surface area contributed by atoms with Gasteiger partial charge in [0.2, 0.25) is 5.91 Å². The van der Waals surface area contributed by atoms with Crippen molar-refractivity contribution in [2.75, 3.05) is 25.0 Å². The van der Waals surface area contributed by atoms with Crippen LogP contribution in [0.25, 0.3) is 0 Å². The third-order valence-corrected chi connectivity index (χ3v) is 8.13. The molecule has 2 aliphatic heterocycles. The molecule has 1 saturated heterocycles. The van der Waals surface area contributed by atoms with Gasteiger partial charge in [0, 0.05) is 23.7 Å². The standard InChI is InChI=1S/C27H30N4O2S/c1-18-19(2)31(16-21-9-6-13-33-21)27(23(18)15-28)29-25(32)17-30-12-10-24-22(11-14-34-24)26(30)20-7-4-3-5-8-20/h3-5,7-8,11,14,21,26H,6,9-10,12-13,16-17H2,1-2H3,(H,29,32)/t21-,26+/m0/s1. The highest BCUT2D eigenvalue weighted by Gasteiger charge is 2.31. The van der Waals surface area contributed by atoms with Crippen LogP contribution in [0.4, 0.5) is 5.82 Å². The first-order chi connectivity index (χ1) is 16.6. The van der Waals surface area contributed by atoms with Gasteiger partial charge in [-0.25, -0.2) is 0 Å². The second kappa shape index (κ2) is 9.75. The number of rotatable bonds is 6. The third-order valence-electron chi connectivity index (χ3n) is 7.14. The molecule has 1 aromatic carbocycles. The first kappa shape index (κ1) is 22.9. The Balaban J connectivity index is 1.40. The highest BCUT2D eigenvalue weighted by atomic mass is 32.1. The summed E-state index contributed by atoms with van der Waals surface area (Å²) in [4.78, 5) is 17.0. The van der Waals surface area contributed by atoms with Gasteiger partial charge in [-0.1, -0.05) is 30.3 Å². The fourth-order valence-corrected chi connectivity index (χ4v) is 6.17. The summed E-state index contributed by atoms with van der Waals surface area (Å²) in [7, 11) is 0. The number of anilines is 1. The van der Waals surface area contributed by atoms with Crippen LogP contribution in [0.2, 0.25) is 0 Å². The maximum absolute atomic E-state index is 13.4. The van der Waals surface area contributed by atoms with E-state index in [0.29, 0.717) is 17.9 Å². The molecule has 3 aromatic rings. The Morgan fingerprint density at radius 2 is 2.09 bits per heavy atom. The van der Waals surface area contributed by atoms with Crippen molar-refractivity contribution in [3.63, 3.8) is 0 Å². The highest BCUT2D eigenvalue weighted by molar-refractivity contribution is 7.10. The zero-order chi connectivity index (χ0) is 23.7. The van der Waals surface area contributed by atoms with E-state index in [1.54, 1.807) is 11.3 Å². The lowest BCUT2D eigenvalue weighted by molar-refractivity contribution is -0.117. The van der Waals surface area contributed by atoms with Gasteiger partial charge in [0.25, 0.3) is 0 Å². The molecule has 2 aliphatic rings. The summed E-state index contributed by atoms with van der Waals surface area (Å²) < 4.78 is 7.90. The zero-order valence-electron chi connectivity index (χ0n) is 19.7. The molecule has 0 aliphatic carbocycles. The van der Waals surface area contributed by atoms with Gasteiger partial charge < -0.3 is 14.6 Å². The molecule has 7 heteroatoms. The van der Waals surface area contributed by atoms with E-state index in [-0.39, 0.29) is 24.6 Å². The van der Waals surface area contributed by atoms with Gasteiger partial charge in [-0.2, -0.15) is 5.26 Å². The van der Waals surface area contributed by atoms with Gasteiger partial charge in [0.05, 0.1) is 30.8 Å². The number of carbonyl (C=O) groups excluding carboxylic acids is 1. The number of fused-ring (bicyclic) bond motifs is 1. The number of nitrogens with zero attached hydrogens (tertiary/aromatic N) is 3. The molecule has 4 heterocycles. The van der Waals surface area contributed by atoms with Crippen LogP contribution >= 0.6 is 11.3 Å². The Bertz CT molecular complexity index is 1220. The van der Waals surface area contributed by atoms with E-state index in [9.17, 15) is 10.1 Å². The fraction of sp³-hybridized carbons (Fsp3) is 0.407. The molecule has 2 atom stereocenters. The summed E-state index contributed by atoms with van der Waals surface area (Å²) in [6.45, 7) is 6.47. The molecule has 0 spiro atoms. The average molecular weight is 475 g/mol. The lowest BCUT2D eigenvalue weighted by atomic mass is 9.93. The summed E-state index contributed by atoms with van der Waals surface area (Å²) in [5.74, 6) is 0.504. The summed E-state index contributed by atoms with van der Waals surface area (Å²) >= 11 is 1.80. The second-order valence-corrected chi connectivity index (χ2v) is 10.2. The Morgan fingerprint density at radius 1 is 1.26 bits per heavy atom. The van der Waals surface area contributed by atoms with Crippen molar-refractivity contribution >= 4 is 23.1 Å². The third kappa shape index (κ3) is 4.29. The number of amides is 1. The van der Waals surface area contributed by atoms with Crippen molar-refractivity contribution in [1.82, 2.24) is 9.47 Å². The van der Waals surface area contributed by atoms with Crippen LogP contribution in [0.3, 0.4) is 0 Å². The van der Waals surface area contributed by atoms with Crippen molar-refractivity contribution < 1.29 is 9.53 Å². The number of aromatic nitrogens is 1. The van der Waals surface area contributed by atoms with Crippen LogP contribution in [0.1, 0.15) is 51.7 Å². The predicted molar refractivity (Wildman–Crippen MR) is 134 cm³/mol. The van der Waals surface area contributed by atoms with E-state index < -0.39 is 0 Å². The number of nitriles is 1. The normalized spacial score (nSPS) is 20.1. The first-order valence-corrected chi connectivity index (χ1v) is 12.8. The minimum Gasteiger partial charge on any atom is -0.376 e. The zero-order valence-corrected chi connectivity index (χ0v) is 20.5. The van der Waals surface area contributed by atoms with Crippen molar-refractivity contribution in [2.45, 2.75) is 51.8 Å². The monoisotopic (exact) mass is 474 g/mol. The van der Waals surface area contributed by atoms with E-state index >= 15 is 0 Å². The lowest BCUT2D eigenvalue weighted by Gasteiger charge is -2.35. The number of thiophene rings is 1. The van der Waals surface area contributed by atoms with Crippen LogP contribution < -0.4 is 5.32 Å². The molecule has 6 nitrogen and oxygen atoms in total. The fourth-order valence-electron chi connectivity index (χ4n) is 5.27. The maximum atomic E-state index is 13.4. The summed E-state index contributed by atoms with van der Waals surface area (Å²) in [6.07, 6.45) is 3.12. The van der Waals surface area contributed by atoms with Crippen molar-refractivity contribution in [3.05, 3.63) is 74.6 Å². The molecule has 2 aromatic heterocycles. The second-order valence-electron chi connectivity index (χ2n) is 9.17. The van der Waals surface area contributed by atoms with E-state index in [2.05, 4.69) is 56.6 Å². The van der Waals surface area contributed by atoms with Crippen molar-refractivity contribution in [2.24, 2.45) is 0 Å². The number of ether oxygens (including phenoxy) is 1. The van der Waals surface area contributed by atoms with Gasteiger partial charge in [-0.3, -0.25) is 9.69 Å². The highest BCUT2D eigenvalue weighted by Crippen LogP contribution is 2.37. The molecular weight excluding hydrogens is 444 g/mol. The molecule has 1 amide bonds. The number of hydrogen-bond acceptors (Lipinski definition) is 5. The molecule has 0 radical (unpaired) electrons. The van der Waals surface area contributed by atoms with Crippen LogP contribution in [-0.4, -0.2) is 41.2 Å². The smallest absolute Gasteiger partial charge is 0.239 e. The predicted octanol–water partition coefficient (Wildman–Crippen LogP) is 4.80. The molecule has 34 heavy (non-hydrogen) atoms.